The average Bonchev–Trinajstić information content (AvgIpc) is 3.17. The summed E-state index contributed by atoms with van der Waals surface area (Å²) in [5, 5.41) is 0.771. The minimum atomic E-state index is -0.394. The number of ketones is 1. The number of aryl methyl sites for hydroxylation is 1. The second-order valence-electron chi connectivity index (χ2n) is 7.12. The summed E-state index contributed by atoms with van der Waals surface area (Å²) < 4.78 is 30.5. The van der Waals surface area contributed by atoms with Crippen LogP contribution in [0.5, 0.6) is 17.2 Å². The molecule has 4 rings (SSSR count). The molecular formula is C26H19FO5S. The second kappa shape index (κ2) is 9.67. The van der Waals surface area contributed by atoms with Crippen LogP contribution >= 0.6 is 11.3 Å². The lowest BCUT2D eigenvalue weighted by Gasteiger charge is -2.09. The highest BCUT2D eigenvalue weighted by atomic mass is 32.1. The van der Waals surface area contributed by atoms with E-state index < -0.39 is 5.82 Å². The van der Waals surface area contributed by atoms with Gasteiger partial charge in [0, 0.05) is 15.6 Å². The Labute approximate surface area is 193 Å². The molecule has 4 aromatic rings. The summed E-state index contributed by atoms with van der Waals surface area (Å²) in [5.41, 5.74) is 1.77. The van der Waals surface area contributed by atoms with E-state index in [-0.39, 0.29) is 5.78 Å². The van der Waals surface area contributed by atoms with E-state index in [1.165, 1.54) is 35.8 Å². The van der Waals surface area contributed by atoms with E-state index in [0.29, 0.717) is 39.7 Å². The molecular weight excluding hydrogens is 443 g/mol. The standard InChI is InChI=1S/C26H19FO5S/c1-16-13-18(27)5-9-21(16)24(29)26-25(22-10-8-20(30-2)14-23(22)33-26)32-19-6-3-17(4-7-19)11-12-31-15-28/h3-15H,1-2H3/b12-11+. The highest BCUT2D eigenvalue weighted by molar-refractivity contribution is 7.21. The van der Waals surface area contributed by atoms with Crippen molar-refractivity contribution in [2.75, 3.05) is 7.11 Å². The van der Waals surface area contributed by atoms with Gasteiger partial charge in [0.1, 0.15) is 22.2 Å². The Kier molecular flexibility index (Phi) is 6.51. The van der Waals surface area contributed by atoms with Gasteiger partial charge in [0.2, 0.25) is 5.78 Å². The first kappa shape index (κ1) is 22.2. The molecule has 3 aromatic carbocycles. The number of hydrogen-bond donors (Lipinski definition) is 0. The van der Waals surface area contributed by atoms with Gasteiger partial charge >= 0.3 is 0 Å². The summed E-state index contributed by atoms with van der Waals surface area (Å²) in [6.07, 6.45) is 2.92. The van der Waals surface area contributed by atoms with Crippen LogP contribution in [0.4, 0.5) is 4.39 Å². The first-order chi connectivity index (χ1) is 16.0. The highest BCUT2D eigenvalue weighted by Gasteiger charge is 2.23. The van der Waals surface area contributed by atoms with Gasteiger partial charge in [-0.3, -0.25) is 9.59 Å². The van der Waals surface area contributed by atoms with Crippen LogP contribution in [0.3, 0.4) is 0 Å². The molecule has 166 valence electrons. The molecule has 0 amide bonds. The molecule has 7 heteroatoms. The van der Waals surface area contributed by atoms with E-state index >= 15 is 0 Å². The third kappa shape index (κ3) is 4.78. The zero-order chi connectivity index (χ0) is 23.4. The van der Waals surface area contributed by atoms with Gasteiger partial charge in [-0.2, -0.15) is 0 Å². The van der Waals surface area contributed by atoms with Crippen molar-refractivity contribution < 1.29 is 28.2 Å². The quantitative estimate of drug-likeness (QED) is 0.169. The molecule has 0 aliphatic heterocycles. The minimum Gasteiger partial charge on any atom is -0.497 e. The molecule has 5 nitrogen and oxygen atoms in total. The number of carbonyl (C=O) groups excluding carboxylic acids is 2. The fraction of sp³-hybridized carbons (Fsp3) is 0.0769. The van der Waals surface area contributed by atoms with E-state index in [9.17, 15) is 14.0 Å². The summed E-state index contributed by atoms with van der Waals surface area (Å²) in [7, 11) is 1.58. The van der Waals surface area contributed by atoms with Crippen LogP contribution in [0, 0.1) is 12.7 Å². The Hall–Kier alpha value is -3.97. The maximum atomic E-state index is 13.6. The maximum Gasteiger partial charge on any atom is 0.297 e. The van der Waals surface area contributed by atoms with Crippen molar-refractivity contribution in [2.45, 2.75) is 6.92 Å². The second-order valence-corrected chi connectivity index (χ2v) is 8.17. The molecule has 0 bridgehead atoms. The van der Waals surface area contributed by atoms with E-state index in [0.717, 1.165) is 15.6 Å². The topological polar surface area (TPSA) is 61.8 Å². The molecule has 0 aliphatic carbocycles. The Morgan fingerprint density at radius 1 is 1.00 bits per heavy atom. The van der Waals surface area contributed by atoms with E-state index in [1.807, 2.05) is 12.1 Å². The summed E-state index contributed by atoms with van der Waals surface area (Å²) >= 11 is 1.30. The van der Waals surface area contributed by atoms with Crippen LogP contribution in [0.1, 0.15) is 26.4 Å². The summed E-state index contributed by atoms with van der Waals surface area (Å²) in [5.74, 6) is 0.992. The fourth-order valence-corrected chi connectivity index (χ4v) is 4.46. The van der Waals surface area contributed by atoms with Gasteiger partial charge in [0.15, 0.2) is 5.75 Å². The third-order valence-corrected chi connectivity index (χ3v) is 6.12. The molecule has 0 fully saturated rings. The maximum absolute atomic E-state index is 13.6. The largest absolute Gasteiger partial charge is 0.497 e. The van der Waals surface area contributed by atoms with Crippen LogP contribution < -0.4 is 9.47 Å². The van der Waals surface area contributed by atoms with Gasteiger partial charge < -0.3 is 14.2 Å². The van der Waals surface area contributed by atoms with E-state index in [2.05, 4.69) is 4.74 Å². The molecule has 0 saturated heterocycles. The van der Waals surface area contributed by atoms with Gasteiger partial charge in [-0.1, -0.05) is 12.1 Å². The molecule has 0 radical (unpaired) electrons. The molecule has 0 atom stereocenters. The van der Waals surface area contributed by atoms with Crippen molar-refractivity contribution in [1.29, 1.82) is 0 Å². The molecule has 0 aliphatic rings. The van der Waals surface area contributed by atoms with Gasteiger partial charge in [0.05, 0.1) is 13.4 Å². The molecule has 0 saturated carbocycles. The predicted molar refractivity (Wildman–Crippen MR) is 126 cm³/mol. The van der Waals surface area contributed by atoms with Crippen LogP contribution in [0.2, 0.25) is 0 Å². The monoisotopic (exact) mass is 462 g/mol. The first-order valence-corrected chi connectivity index (χ1v) is 10.8. The minimum absolute atomic E-state index is 0.242. The number of thiophene rings is 1. The number of hydrogen-bond acceptors (Lipinski definition) is 6. The van der Waals surface area contributed by atoms with Crippen LogP contribution in [-0.4, -0.2) is 19.4 Å². The molecule has 0 spiro atoms. The molecule has 33 heavy (non-hydrogen) atoms. The number of benzene rings is 3. The fourth-order valence-electron chi connectivity index (χ4n) is 3.35. The van der Waals surface area contributed by atoms with Crippen molar-refractivity contribution in [3.8, 4) is 17.2 Å². The van der Waals surface area contributed by atoms with Crippen molar-refractivity contribution in [2.24, 2.45) is 0 Å². The Morgan fingerprint density at radius 2 is 1.76 bits per heavy atom. The third-order valence-electron chi connectivity index (χ3n) is 4.99. The van der Waals surface area contributed by atoms with Gasteiger partial charge in [-0.05, 0) is 72.7 Å². The van der Waals surface area contributed by atoms with Crippen molar-refractivity contribution >= 4 is 39.8 Å². The molecule has 0 unspecified atom stereocenters. The van der Waals surface area contributed by atoms with Crippen LogP contribution in [0.15, 0.2) is 66.9 Å². The zero-order valence-electron chi connectivity index (χ0n) is 17.8. The van der Waals surface area contributed by atoms with Crippen LogP contribution in [0.25, 0.3) is 16.2 Å². The molecule has 1 heterocycles. The van der Waals surface area contributed by atoms with Crippen molar-refractivity contribution in [3.63, 3.8) is 0 Å². The number of halogens is 1. The van der Waals surface area contributed by atoms with Crippen molar-refractivity contribution in [3.05, 3.63) is 94.3 Å². The normalized spacial score (nSPS) is 11.0. The SMILES string of the molecule is COc1ccc2c(Oc3ccc(/C=C/OC=O)cc3)c(C(=O)c3ccc(F)cc3C)sc2c1. The highest BCUT2D eigenvalue weighted by Crippen LogP contribution is 2.43. The lowest BCUT2D eigenvalue weighted by molar-refractivity contribution is -0.123. The lowest BCUT2D eigenvalue weighted by atomic mass is 10.0. The van der Waals surface area contributed by atoms with Crippen molar-refractivity contribution in [1.82, 2.24) is 0 Å². The number of methoxy groups -OCH3 is 1. The number of ether oxygens (including phenoxy) is 3. The van der Waals surface area contributed by atoms with Crippen LogP contribution in [-0.2, 0) is 9.53 Å². The Bertz CT molecular complexity index is 1360. The number of rotatable bonds is 8. The summed E-state index contributed by atoms with van der Waals surface area (Å²) in [6, 6.07) is 16.7. The molecule has 0 N–H and O–H groups in total. The predicted octanol–water partition coefficient (Wildman–Crippen LogP) is 6.52. The summed E-state index contributed by atoms with van der Waals surface area (Å²) in [4.78, 5) is 24.1. The zero-order valence-corrected chi connectivity index (χ0v) is 18.6. The smallest absolute Gasteiger partial charge is 0.297 e. The Balaban J connectivity index is 1.75. The number of fused-ring (bicyclic) bond motifs is 1. The summed E-state index contributed by atoms with van der Waals surface area (Å²) in [6.45, 7) is 2.04. The lowest BCUT2D eigenvalue weighted by Crippen LogP contribution is -2.03. The molecule has 1 aromatic heterocycles. The first-order valence-electron chi connectivity index (χ1n) is 9.95. The number of carbonyl (C=O) groups is 2. The van der Waals surface area contributed by atoms with E-state index in [4.69, 9.17) is 9.47 Å². The average molecular weight is 462 g/mol. The van der Waals surface area contributed by atoms with E-state index in [1.54, 1.807) is 50.4 Å². The van der Waals surface area contributed by atoms with Gasteiger partial charge in [0.25, 0.3) is 6.47 Å². The van der Waals surface area contributed by atoms with Gasteiger partial charge in [-0.25, -0.2) is 4.39 Å². The Morgan fingerprint density at radius 3 is 2.45 bits per heavy atom. The van der Waals surface area contributed by atoms with Gasteiger partial charge in [-0.15, -0.1) is 11.3 Å².